The van der Waals surface area contributed by atoms with Crippen molar-refractivity contribution in [3.63, 3.8) is 0 Å². The maximum Gasteiger partial charge on any atom is 0.159 e. The molecule has 0 saturated carbocycles. The minimum absolute atomic E-state index is 0.0897. The number of hydrogen-bond acceptors (Lipinski definition) is 3. The summed E-state index contributed by atoms with van der Waals surface area (Å²) in [6.07, 6.45) is 22.2. The second-order valence-corrected chi connectivity index (χ2v) is 10.5. The molecule has 0 bridgehead atoms. The van der Waals surface area contributed by atoms with Gasteiger partial charge in [-0.05, 0) is 30.7 Å². The van der Waals surface area contributed by atoms with E-state index in [1.54, 1.807) is 12.4 Å². The third kappa shape index (κ3) is 12.8. The van der Waals surface area contributed by atoms with Gasteiger partial charge in [-0.15, -0.1) is 0 Å². The van der Waals surface area contributed by atoms with Crippen LogP contribution in [0.5, 0.6) is 5.75 Å². The van der Waals surface area contributed by atoms with E-state index in [9.17, 15) is 4.39 Å². The Morgan fingerprint density at radius 1 is 0.722 bits per heavy atom. The average molecular weight is 499 g/mol. The third-order valence-corrected chi connectivity index (χ3v) is 7.20. The number of hydrogen-bond donors (Lipinski definition) is 0. The Morgan fingerprint density at radius 3 is 1.89 bits per heavy atom. The molecule has 0 fully saturated rings. The van der Waals surface area contributed by atoms with Crippen LogP contribution in [0.3, 0.4) is 0 Å². The SMILES string of the molecule is CCCCCCCCCCCCc1ccc(-c2ncc(OCCC(F)C(C)CCCCC)cn2)cc1. The molecule has 0 amide bonds. The fourth-order valence-electron chi connectivity index (χ4n) is 4.65. The number of nitrogens with zero attached hydrogens (tertiary/aromatic N) is 2. The van der Waals surface area contributed by atoms with Crippen molar-refractivity contribution in [2.24, 2.45) is 5.92 Å². The van der Waals surface area contributed by atoms with Crippen LogP contribution in [-0.2, 0) is 6.42 Å². The molecule has 3 nitrogen and oxygen atoms in total. The van der Waals surface area contributed by atoms with Crippen molar-refractivity contribution in [1.82, 2.24) is 9.97 Å². The molecule has 202 valence electrons. The van der Waals surface area contributed by atoms with Gasteiger partial charge >= 0.3 is 0 Å². The zero-order valence-corrected chi connectivity index (χ0v) is 23.3. The minimum atomic E-state index is -0.819. The van der Waals surface area contributed by atoms with E-state index in [1.807, 2.05) is 6.92 Å². The van der Waals surface area contributed by atoms with Gasteiger partial charge in [-0.1, -0.05) is 122 Å². The van der Waals surface area contributed by atoms with Gasteiger partial charge in [0.25, 0.3) is 0 Å². The Balaban J connectivity index is 1.62. The van der Waals surface area contributed by atoms with Gasteiger partial charge in [0.15, 0.2) is 11.6 Å². The van der Waals surface area contributed by atoms with Crippen molar-refractivity contribution in [3.8, 4) is 17.1 Å². The summed E-state index contributed by atoms with van der Waals surface area (Å²) in [5, 5.41) is 0. The molecule has 0 aliphatic rings. The normalized spacial score (nSPS) is 13.0. The van der Waals surface area contributed by atoms with E-state index in [2.05, 4.69) is 48.1 Å². The fraction of sp³-hybridized carbons (Fsp3) is 0.688. The first-order valence-corrected chi connectivity index (χ1v) is 14.8. The van der Waals surface area contributed by atoms with Gasteiger partial charge < -0.3 is 4.74 Å². The molecule has 0 saturated heterocycles. The summed E-state index contributed by atoms with van der Waals surface area (Å²) in [5.41, 5.74) is 2.39. The lowest BCUT2D eigenvalue weighted by Gasteiger charge is -2.16. The van der Waals surface area contributed by atoms with Gasteiger partial charge in [0.05, 0.1) is 19.0 Å². The molecule has 0 N–H and O–H groups in total. The van der Waals surface area contributed by atoms with Crippen molar-refractivity contribution >= 4 is 0 Å². The van der Waals surface area contributed by atoms with Crippen LogP contribution >= 0.6 is 0 Å². The quantitative estimate of drug-likeness (QED) is 0.161. The Morgan fingerprint density at radius 2 is 1.28 bits per heavy atom. The van der Waals surface area contributed by atoms with E-state index < -0.39 is 6.17 Å². The van der Waals surface area contributed by atoms with Crippen molar-refractivity contribution < 1.29 is 9.13 Å². The van der Waals surface area contributed by atoms with Gasteiger partial charge in [-0.3, -0.25) is 0 Å². The van der Waals surface area contributed by atoms with Crippen LogP contribution in [0.1, 0.15) is 123 Å². The van der Waals surface area contributed by atoms with E-state index in [-0.39, 0.29) is 5.92 Å². The lowest BCUT2D eigenvalue weighted by Crippen LogP contribution is -2.16. The highest BCUT2D eigenvalue weighted by Gasteiger charge is 2.16. The molecule has 2 rings (SSSR count). The number of benzene rings is 1. The molecule has 2 unspecified atom stereocenters. The second kappa shape index (κ2) is 19.2. The van der Waals surface area contributed by atoms with E-state index in [0.29, 0.717) is 24.6 Å². The van der Waals surface area contributed by atoms with E-state index in [1.165, 1.54) is 82.6 Å². The lowest BCUT2D eigenvalue weighted by atomic mass is 9.97. The number of alkyl halides is 1. The van der Waals surface area contributed by atoms with E-state index in [0.717, 1.165) is 24.8 Å². The van der Waals surface area contributed by atoms with Crippen LogP contribution in [-0.4, -0.2) is 22.7 Å². The molecule has 0 spiro atoms. The molecule has 2 atom stereocenters. The van der Waals surface area contributed by atoms with Crippen LogP contribution in [0, 0.1) is 5.92 Å². The molecule has 2 aromatic rings. The highest BCUT2D eigenvalue weighted by atomic mass is 19.1. The zero-order valence-electron chi connectivity index (χ0n) is 23.3. The molecular weight excluding hydrogens is 447 g/mol. The predicted octanol–water partition coefficient (Wildman–Crippen LogP) is 9.93. The number of halogens is 1. The molecule has 0 aliphatic heterocycles. The third-order valence-electron chi connectivity index (χ3n) is 7.20. The number of rotatable bonds is 21. The second-order valence-electron chi connectivity index (χ2n) is 10.5. The van der Waals surface area contributed by atoms with Crippen molar-refractivity contribution in [2.45, 2.75) is 130 Å². The Labute approximate surface area is 220 Å². The Hall–Kier alpha value is -1.97. The molecule has 36 heavy (non-hydrogen) atoms. The fourth-order valence-corrected chi connectivity index (χ4v) is 4.65. The summed E-state index contributed by atoms with van der Waals surface area (Å²) in [5.74, 6) is 1.38. The summed E-state index contributed by atoms with van der Waals surface area (Å²) >= 11 is 0. The topological polar surface area (TPSA) is 35.0 Å². The highest BCUT2D eigenvalue weighted by molar-refractivity contribution is 5.55. The molecule has 1 aromatic carbocycles. The summed E-state index contributed by atoms with van der Waals surface area (Å²) in [4.78, 5) is 8.92. The first-order valence-electron chi connectivity index (χ1n) is 14.8. The summed E-state index contributed by atoms with van der Waals surface area (Å²) in [6.45, 7) is 6.81. The minimum Gasteiger partial charge on any atom is -0.490 e. The number of aryl methyl sites for hydroxylation is 1. The molecular formula is C32H51FN2O. The van der Waals surface area contributed by atoms with Crippen LogP contribution in [0.25, 0.3) is 11.4 Å². The smallest absolute Gasteiger partial charge is 0.159 e. The summed E-state index contributed by atoms with van der Waals surface area (Å²) in [7, 11) is 0. The molecule has 0 aliphatic carbocycles. The lowest BCUT2D eigenvalue weighted by molar-refractivity contribution is 0.176. The van der Waals surface area contributed by atoms with E-state index in [4.69, 9.17) is 4.74 Å². The highest BCUT2D eigenvalue weighted by Crippen LogP contribution is 2.21. The first kappa shape index (κ1) is 30.3. The van der Waals surface area contributed by atoms with Crippen LogP contribution in [0.2, 0.25) is 0 Å². The van der Waals surface area contributed by atoms with Crippen molar-refractivity contribution in [2.75, 3.05) is 6.61 Å². The predicted molar refractivity (Wildman–Crippen MR) is 151 cm³/mol. The van der Waals surface area contributed by atoms with Crippen molar-refractivity contribution in [3.05, 3.63) is 42.2 Å². The molecule has 1 aromatic heterocycles. The summed E-state index contributed by atoms with van der Waals surface area (Å²) in [6, 6.07) is 8.60. The van der Waals surface area contributed by atoms with E-state index >= 15 is 0 Å². The van der Waals surface area contributed by atoms with Crippen LogP contribution in [0.4, 0.5) is 4.39 Å². The van der Waals surface area contributed by atoms with Gasteiger partial charge in [0.2, 0.25) is 0 Å². The Bertz CT molecular complexity index is 778. The standard InChI is InChI=1S/C32H51FN2O/c1-4-6-8-9-10-11-12-13-14-16-18-28-19-21-29(22-20-28)32-34-25-30(26-35-32)36-24-23-31(33)27(3)17-15-7-5-2/h19-22,25-27,31H,4-18,23-24H2,1-3H3. The Kier molecular flexibility index (Phi) is 16.1. The number of ether oxygens (including phenoxy) is 1. The number of aromatic nitrogens is 2. The van der Waals surface area contributed by atoms with Crippen LogP contribution in [0.15, 0.2) is 36.7 Å². The number of unbranched alkanes of at least 4 members (excludes halogenated alkanes) is 11. The van der Waals surface area contributed by atoms with Gasteiger partial charge in [-0.25, -0.2) is 14.4 Å². The van der Waals surface area contributed by atoms with Gasteiger partial charge in [-0.2, -0.15) is 0 Å². The molecule has 0 radical (unpaired) electrons. The maximum absolute atomic E-state index is 14.3. The maximum atomic E-state index is 14.3. The molecule has 4 heteroatoms. The first-order chi connectivity index (χ1) is 17.6. The largest absolute Gasteiger partial charge is 0.490 e. The average Bonchev–Trinajstić information content (AvgIpc) is 2.90. The summed E-state index contributed by atoms with van der Waals surface area (Å²) < 4.78 is 20.0. The van der Waals surface area contributed by atoms with Crippen molar-refractivity contribution in [1.29, 1.82) is 0 Å². The van der Waals surface area contributed by atoms with Gasteiger partial charge in [0.1, 0.15) is 6.17 Å². The zero-order chi connectivity index (χ0) is 25.8. The van der Waals surface area contributed by atoms with Gasteiger partial charge in [0, 0.05) is 12.0 Å². The monoisotopic (exact) mass is 498 g/mol. The molecule has 1 heterocycles. The van der Waals surface area contributed by atoms with Crippen LogP contribution < -0.4 is 4.74 Å².